The first-order valence-corrected chi connectivity index (χ1v) is 9.40. The summed E-state index contributed by atoms with van der Waals surface area (Å²) in [5.74, 6) is 0. The molecule has 3 aromatic rings. The maximum absolute atomic E-state index is 12.1. The van der Waals surface area contributed by atoms with Crippen LogP contribution in [0, 0.1) is 0 Å². The van der Waals surface area contributed by atoms with Crippen LogP contribution in [0.5, 0.6) is 0 Å². The molecule has 0 saturated carbocycles. The third kappa shape index (κ3) is 4.08. The number of rotatable bonds is 5. The first-order chi connectivity index (χ1) is 11.8. The maximum atomic E-state index is 12.1. The highest BCUT2D eigenvalue weighted by Crippen LogP contribution is 2.19. The van der Waals surface area contributed by atoms with Crippen LogP contribution in [-0.4, -0.2) is 13.4 Å². The van der Waals surface area contributed by atoms with Crippen molar-refractivity contribution in [2.24, 2.45) is 5.14 Å². The monoisotopic (exact) mass is 377 g/mol. The van der Waals surface area contributed by atoms with Gasteiger partial charge in [0.25, 0.3) is 0 Å². The maximum Gasteiger partial charge on any atom is 0.238 e. The summed E-state index contributed by atoms with van der Waals surface area (Å²) < 4.78 is 22.5. The molecule has 0 aliphatic rings. The number of hydrogen-bond donors (Lipinski definition) is 3. The number of pyridine rings is 1. The van der Waals surface area contributed by atoms with Crippen molar-refractivity contribution in [2.45, 2.75) is 18.0 Å². The molecule has 130 valence electrons. The van der Waals surface area contributed by atoms with Gasteiger partial charge in [-0.25, -0.2) is 13.6 Å². The minimum atomic E-state index is -3.69. The summed E-state index contributed by atoms with van der Waals surface area (Å²) in [5.41, 5.74) is 2.14. The minimum absolute atomic E-state index is 0.0738. The number of fused-ring (bicyclic) bond motifs is 1. The average molecular weight is 378 g/mol. The van der Waals surface area contributed by atoms with Crippen molar-refractivity contribution in [1.82, 2.24) is 10.3 Å². The van der Waals surface area contributed by atoms with Gasteiger partial charge in [-0.3, -0.25) is 4.79 Å². The van der Waals surface area contributed by atoms with Gasteiger partial charge >= 0.3 is 0 Å². The van der Waals surface area contributed by atoms with E-state index < -0.39 is 10.0 Å². The Balaban J connectivity index is 1.71. The molecule has 0 fully saturated rings. The number of hydrogen-bond acceptors (Lipinski definition) is 4. The molecule has 0 aliphatic carbocycles. The van der Waals surface area contributed by atoms with Gasteiger partial charge < -0.3 is 10.3 Å². The molecule has 8 heteroatoms. The lowest BCUT2D eigenvalue weighted by Crippen LogP contribution is -2.16. The van der Waals surface area contributed by atoms with E-state index in [2.05, 4.69) is 10.3 Å². The highest BCUT2D eigenvalue weighted by atomic mass is 35.5. The molecule has 0 saturated heterocycles. The van der Waals surface area contributed by atoms with Crippen LogP contribution in [0.25, 0.3) is 10.9 Å². The summed E-state index contributed by atoms with van der Waals surface area (Å²) in [5, 5.41) is 9.31. The SMILES string of the molecule is NS(=O)(=O)c1ccc(CNCc2cc(=O)c3cccc(Cl)c3[nH]2)cc1. The summed E-state index contributed by atoms with van der Waals surface area (Å²) in [6, 6.07) is 13.0. The lowest BCUT2D eigenvalue weighted by atomic mass is 10.2. The van der Waals surface area contributed by atoms with Crippen LogP contribution < -0.4 is 15.9 Å². The number of primary sulfonamides is 1. The second-order valence-corrected chi connectivity index (χ2v) is 7.58. The summed E-state index contributed by atoms with van der Waals surface area (Å²) >= 11 is 6.13. The summed E-state index contributed by atoms with van der Waals surface area (Å²) in [7, 11) is -3.69. The van der Waals surface area contributed by atoms with Crippen molar-refractivity contribution in [3.63, 3.8) is 0 Å². The molecular weight excluding hydrogens is 362 g/mol. The average Bonchev–Trinajstić information content (AvgIpc) is 2.56. The molecule has 2 aromatic carbocycles. The van der Waals surface area contributed by atoms with Crippen LogP contribution in [0.4, 0.5) is 0 Å². The molecule has 3 rings (SSSR count). The van der Waals surface area contributed by atoms with Gasteiger partial charge in [0.2, 0.25) is 10.0 Å². The number of benzene rings is 2. The molecule has 0 atom stereocenters. The fraction of sp³-hybridized carbons (Fsp3) is 0.118. The summed E-state index contributed by atoms with van der Waals surface area (Å²) in [6.07, 6.45) is 0. The van der Waals surface area contributed by atoms with E-state index in [0.717, 1.165) is 5.56 Å². The van der Waals surface area contributed by atoms with Crippen LogP contribution in [0.15, 0.2) is 58.2 Å². The molecule has 0 radical (unpaired) electrons. The molecular formula is C17H16ClN3O3S. The van der Waals surface area contributed by atoms with E-state index in [4.69, 9.17) is 16.7 Å². The van der Waals surface area contributed by atoms with Crippen molar-refractivity contribution in [1.29, 1.82) is 0 Å². The van der Waals surface area contributed by atoms with E-state index in [9.17, 15) is 13.2 Å². The first-order valence-electron chi connectivity index (χ1n) is 7.47. The van der Waals surface area contributed by atoms with E-state index in [-0.39, 0.29) is 10.3 Å². The normalized spacial score (nSPS) is 11.8. The minimum Gasteiger partial charge on any atom is -0.356 e. The third-order valence-corrected chi connectivity index (χ3v) is 5.01. The number of aromatic nitrogens is 1. The van der Waals surface area contributed by atoms with E-state index >= 15 is 0 Å². The van der Waals surface area contributed by atoms with Gasteiger partial charge in [0.05, 0.1) is 15.4 Å². The molecule has 6 nitrogen and oxygen atoms in total. The molecule has 1 aromatic heterocycles. The molecule has 1 heterocycles. The number of aromatic amines is 1. The van der Waals surface area contributed by atoms with Crippen LogP contribution in [0.1, 0.15) is 11.3 Å². The number of sulfonamides is 1. The zero-order valence-electron chi connectivity index (χ0n) is 13.1. The van der Waals surface area contributed by atoms with Crippen LogP contribution in [0.2, 0.25) is 5.02 Å². The van der Waals surface area contributed by atoms with Gasteiger partial charge in [-0.15, -0.1) is 0 Å². The van der Waals surface area contributed by atoms with Gasteiger partial charge in [-0.1, -0.05) is 29.8 Å². The number of para-hydroxylation sites is 1. The largest absolute Gasteiger partial charge is 0.356 e. The Morgan fingerprint density at radius 1 is 1.08 bits per heavy atom. The second kappa shape index (κ2) is 6.97. The highest BCUT2D eigenvalue weighted by Gasteiger charge is 2.07. The van der Waals surface area contributed by atoms with Gasteiger partial charge in [-0.2, -0.15) is 0 Å². The fourth-order valence-electron chi connectivity index (χ4n) is 2.52. The predicted octanol–water partition coefficient (Wildman–Crippen LogP) is 2.12. The molecule has 0 unspecified atom stereocenters. The van der Waals surface area contributed by atoms with Crippen molar-refractivity contribution < 1.29 is 8.42 Å². The quantitative estimate of drug-likeness (QED) is 0.633. The highest BCUT2D eigenvalue weighted by molar-refractivity contribution is 7.89. The van der Waals surface area contributed by atoms with E-state index in [1.165, 1.54) is 18.2 Å². The predicted molar refractivity (Wildman–Crippen MR) is 97.9 cm³/mol. The molecule has 0 bridgehead atoms. The number of nitrogens with two attached hydrogens (primary N) is 1. The topological polar surface area (TPSA) is 105 Å². The van der Waals surface area contributed by atoms with Crippen molar-refractivity contribution in [3.8, 4) is 0 Å². The Hall–Kier alpha value is -2.19. The molecule has 0 amide bonds. The van der Waals surface area contributed by atoms with Gasteiger partial charge in [0, 0.05) is 30.2 Å². The zero-order chi connectivity index (χ0) is 18.0. The fourth-order valence-corrected chi connectivity index (χ4v) is 3.26. The van der Waals surface area contributed by atoms with Crippen LogP contribution in [-0.2, 0) is 23.1 Å². The Morgan fingerprint density at radius 2 is 1.80 bits per heavy atom. The van der Waals surface area contributed by atoms with Gasteiger partial charge in [-0.05, 0) is 29.8 Å². The van der Waals surface area contributed by atoms with E-state index in [0.29, 0.717) is 34.7 Å². The van der Waals surface area contributed by atoms with Gasteiger partial charge in [0.15, 0.2) is 5.43 Å². The Labute approximate surface area is 149 Å². The summed E-state index contributed by atoms with van der Waals surface area (Å²) in [4.78, 5) is 15.4. The second-order valence-electron chi connectivity index (χ2n) is 5.61. The first kappa shape index (κ1) is 17.6. The Kier molecular flexibility index (Phi) is 4.91. The lowest BCUT2D eigenvalue weighted by Gasteiger charge is -2.08. The number of H-pyrrole nitrogens is 1. The Bertz CT molecular complexity index is 1080. The Morgan fingerprint density at radius 3 is 2.48 bits per heavy atom. The van der Waals surface area contributed by atoms with Crippen LogP contribution >= 0.6 is 11.6 Å². The number of halogens is 1. The van der Waals surface area contributed by atoms with Crippen molar-refractivity contribution >= 4 is 32.5 Å². The standard InChI is InChI=1S/C17H16ClN3O3S/c18-15-3-1-2-14-16(22)8-12(21-17(14)15)10-20-9-11-4-6-13(7-5-11)25(19,23)24/h1-8,20H,9-10H2,(H,21,22)(H2,19,23,24). The summed E-state index contributed by atoms with van der Waals surface area (Å²) in [6.45, 7) is 0.945. The van der Waals surface area contributed by atoms with Crippen molar-refractivity contribution in [2.75, 3.05) is 0 Å². The molecule has 25 heavy (non-hydrogen) atoms. The molecule has 0 spiro atoms. The smallest absolute Gasteiger partial charge is 0.238 e. The van der Waals surface area contributed by atoms with Crippen molar-refractivity contribution in [3.05, 3.63) is 75.0 Å². The van der Waals surface area contributed by atoms with Crippen LogP contribution in [0.3, 0.4) is 0 Å². The third-order valence-electron chi connectivity index (χ3n) is 3.77. The number of nitrogens with one attached hydrogen (secondary N) is 2. The van der Waals surface area contributed by atoms with Gasteiger partial charge in [0.1, 0.15) is 0 Å². The van der Waals surface area contributed by atoms with E-state index in [1.807, 2.05) is 0 Å². The lowest BCUT2D eigenvalue weighted by molar-refractivity contribution is 0.597. The zero-order valence-corrected chi connectivity index (χ0v) is 14.7. The molecule has 4 N–H and O–H groups in total. The van der Waals surface area contributed by atoms with E-state index in [1.54, 1.807) is 30.3 Å². The molecule has 0 aliphatic heterocycles.